The number of aromatic nitrogens is 3. The second kappa shape index (κ2) is 7.35. The van der Waals surface area contributed by atoms with E-state index in [1.165, 1.54) is 6.42 Å². The van der Waals surface area contributed by atoms with Gasteiger partial charge in [-0.3, -0.25) is 9.69 Å². The Balaban J connectivity index is 1.36. The molecule has 2 aromatic heterocycles. The van der Waals surface area contributed by atoms with Gasteiger partial charge in [0.15, 0.2) is 5.65 Å². The number of piperidine rings is 2. The minimum atomic E-state index is 0.304. The van der Waals surface area contributed by atoms with Crippen molar-refractivity contribution in [2.24, 2.45) is 0 Å². The van der Waals surface area contributed by atoms with Crippen LogP contribution in [0.1, 0.15) is 52.0 Å². The molecule has 0 N–H and O–H groups in total. The molecule has 0 aromatic carbocycles. The lowest BCUT2D eigenvalue weighted by atomic mass is 9.97. The van der Waals surface area contributed by atoms with Gasteiger partial charge in [0.25, 0.3) is 0 Å². The fraction of sp³-hybridized carbons (Fsp3) is 0.650. The Kier molecular flexibility index (Phi) is 4.94. The molecule has 1 amide bonds. The van der Waals surface area contributed by atoms with Crippen molar-refractivity contribution < 1.29 is 4.79 Å². The molecule has 2 saturated heterocycles. The highest BCUT2D eigenvalue weighted by Gasteiger charge is 2.31. The average molecular weight is 355 g/mol. The molecule has 2 aromatic rings. The van der Waals surface area contributed by atoms with Gasteiger partial charge in [-0.25, -0.2) is 9.97 Å². The van der Waals surface area contributed by atoms with Crippen LogP contribution in [0.3, 0.4) is 0 Å². The third-order valence-electron chi connectivity index (χ3n) is 6.12. The Bertz CT molecular complexity index is 754. The molecule has 2 aliphatic heterocycles. The average Bonchev–Trinajstić information content (AvgIpc) is 3.06. The van der Waals surface area contributed by atoms with Gasteiger partial charge in [0.1, 0.15) is 5.52 Å². The summed E-state index contributed by atoms with van der Waals surface area (Å²) in [6, 6.07) is 5.12. The highest BCUT2D eigenvalue weighted by molar-refractivity contribution is 5.79. The number of imidazole rings is 1. The molecular weight excluding hydrogens is 326 g/mol. The van der Waals surface area contributed by atoms with E-state index in [4.69, 9.17) is 0 Å². The summed E-state index contributed by atoms with van der Waals surface area (Å²) in [7, 11) is 0. The zero-order valence-electron chi connectivity index (χ0n) is 15.8. The normalized spacial score (nSPS) is 25.7. The van der Waals surface area contributed by atoms with Crippen molar-refractivity contribution in [3.8, 4) is 0 Å². The molecule has 0 aliphatic carbocycles. The number of fused-ring (bicyclic) bond motifs is 1. The van der Waals surface area contributed by atoms with Crippen molar-refractivity contribution in [1.29, 1.82) is 0 Å². The Morgan fingerprint density at radius 2 is 1.85 bits per heavy atom. The van der Waals surface area contributed by atoms with Gasteiger partial charge < -0.3 is 9.47 Å². The van der Waals surface area contributed by atoms with Gasteiger partial charge >= 0.3 is 0 Å². The van der Waals surface area contributed by atoms with Crippen molar-refractivity contribution in [1.82, 2.24) is 24.3 Å². The zero-order chi connectivity index (χ0) is 18.1. The van der Waals surface area contributed by atoms with E-state index in [1.54, 1.807) is 0 Å². The maximum Gasteiger partial charge on any atom is 0.237 e. The van der Waals surface area contributed by atoms with Gasteiger partial charge in [0.2, 0.25) is 5.91 Å². The topological polar surface area (TPSA) is 54.3 Å². The van der Waals surface area contributed by atoms with Gasteiger partial charge in [-0.2, -0.15) is 0 Å². The molecule has 0 bridgehead atoms. The Hall–Kier alpha value is -1.95. The first-order valence-electron chi connectivity index (χ1n) is 9.94. The highest BCUT2D eigenvalue weighted by atomic mass is 16.2. The van der Waals surface area contributed by atoms with Crippen LogP contribution in [-0.4, -0.2) is 62.0 Å². The number of likely N-dealkylation sites (tertiary alicyclic amines) is 2. The monoisotopic (exact) mass is 355 g/mol. The lowest BCUT2D eigenvalue weighted by Crippen LogP contribution is -2.51. The van der Waals surface area contributed by atoms with Gasteiger partial charge in [-0.05, 0) is 58.1 Å². The van der Waals surface area contributed by atoms with Crippen molar-refractivity contribution in [3.63, 3.8) is 0 Å². The standard InChI is InChI=1S/C20H29N5O/c1-15-5-3-6-16(2)25(15)19(26)13-23-11-8-17(9-12-23)24-14-22-18-7-4-10-21-20(18)24/h4,7,10,14-17H,3,5-6,8-9,11-13H2,1-2H3/t15-,16-/m1/s1. The number of pyridine rings is 1. The first kappa shape index (κ1) is 17.5. The van der Waals surface area contributed by atoms with Crippen molar-refractivity contribution >= 4 is 17.1 Å². The summed E-state index contributed by atoms with van der Waals surface area (Å²) < 4.78 is 2.21. The predicted molar refractivity (Wildman–Crippen MR) is 102 cm³/mol. The number of hydrogen-bond donors (Lipinski definition) is 0. The van der Waals surface area contributed by atoms with Crippen LogP contribution < -0.4 is 0 Å². The molecule has 2 fully saturated rings. The largest absolute Gasteiger partial charge is 0.336 e. The molecule has 2 atom stereocenters. The molecule has 0 radical (unpaired) electrons. The molecule has 0 unspecified atom stereocenters. The fourth-order valence-electron chi connectivity index (χ4n) is 4.68. The minimum Gasteiger partial charge on any atom is -0.336 e. The summed E-state index contributed by atoms with van der Waals surface area (Å²) in [5.41, 5.74) is 1.93. The summed E-state index contributed by atoms with van der Waals surface area (Å²) in [5.74, 6) is 0.304. The molecule has 140 valence electrons. The van der Waals surface area contributed by atoms with E-state index in [-0.39, 0.29) is 0 Å². The molecule has 0 saturated carbocycles. The number of carbonyl (C=O) groups excluding carboxylic acids is 1. The van der Waals surface area contributed by atoms with E-state index >= 15 is 0 Å². The first-order valence-corrected chi connectivity index (χ1v) is 9.94. The van der Waals surface area contributed by atoms with Crippen LogP contribution in [0.5, 0.6) is 0 Å². The molecule has 6 nitrogen and oxygen atoms in total. The van der Waals surface area contributed by atoms with E-state index in [0.717, 1.165) is 49.9 Å². The molecule has 0 spiro atoms. The first-order chi connectivity index (χ1) is 12.6. The van der Waals surface area contributed by atoms with Crippen molar-refractivity contribution in [2.45, 2.75) is 64.1 Å². The predicted octanol–water partition coefficient (Wildman–Crippen LogP) is 2.86. The van der Waals surface area contributed by atoms with E-state index < -0.39 is 0 Å². The molecule has 4 heterocycles. The summed E-state index contributed by atoms with van der Waals surface area (Å²) in [6.07, 6.45) is 9.35. The van der Waals surface area contributed by atoms with Gasteiger partial charge in [0, 0.05) is 37.4 Å². The highest BCUT2D eigenvalue weighted by Crippen LogP contribution is 2.27. The number of rotatable bonds is 3. The van der Waals surface area contributed by atoms with Crippen LogP contribution in [-0.2, 0) is 4.79 Å². The molecule has 26 heavy (non-hydrogen) atoms. The number of hydrogen-bond acceptors (Lipinski definition) is 4. The summed E-state index contributed by atoms with van der Waals surface area (Å²) in [4.78, 5) is 26.2. The second-order valence-corrected chi connectivity index (χ2v) is 7.94. The van der Waals surface area contributed by atoms with E-state index in [0.29, 0.717) is 30.6 Å². The fourth-order valence-corrected chi connectivity index (χ4v) is 4.68. The Morgan fingerprint density at radius 1 is 1.12 bits per heavy atom. The van der Waals surface area contributed by atoms with Gasteiger partial charge in [0.05, 0.1) is 12.9 Å². The summed E-state index contributed by atoms with van der Waals surface area (Å²) in [5, 5.41) is 0. The maximum atomic E-state index is 12.8. The third kappa shape index (κ3) is 3.34. The van der Waals surface area contributed by atoms with E-state index in [1.807, 2.05) is 24.7 Å². The number of amides is 1. The molecule has 4 rings (SSSR count). The zero-order valence-corrected chi connectivity index (χ0v) is 15.8. The van der Waals surface area contributed by atoms with E-state index in [9.17, 15) is 4.79 Å². The molecule has 2 aliphatic rings. The Morgan fingerprint density at radius 3 is 2.58 bits per heavy atom. The SMILES string of the molecule is C[C@@H]1CCC[C@@H](C)N1C(=O)CN1CCC(n2cnc3cccnc32)CC1. The molecular formula is C20H29N5O. The van der Waals surface area contributed by atoms with Crippen LogP contribution in [0, 0.1) is 0 Å². The molecule has 6 heteroatoms. The van der Waals surface area contributed by atoms with Crippen molar-refractivity contribution in [3.05, 3.63) is 24.7 Å². The summed E-state index contributed by atoms with van der Waals surface area (Å²) >= 11 is 0. The van der Waals surface area contributed by atoms with Crippen LogP contribution in [0.4, 0.5) is 0 Å². The minimum absolute atomic E-state index is 0.304. The van der Waals surface area contributed by atoms with Crippen LogP contribution >= 0.6 is 0 Å². The smallest absolute Gasteiger partial charge is 0.237 e. The lowest BCUT2D eigenvalue weighted by Gasteiger charge is -2.41. The number of nitrogens with zero attached hydrogens (tertiary/aromatic N) is 5. The number of carbonyl (C=O) groups is 1. The third-order valence-corrected chi connectivity index (χ3v) is 6.12. The Labute approximate surface area is 155 Å². The maximum absolute atomic E-state index is 12.8. The van der Waals surface area contributed by atoms with Crippen LogP contribution in [0.15, 0.2) is 24.7 Å². The summed E-state index contributed by atoms with van der Waals surface area (Å²) in [6.45, 7) is 6.86. The van der Waals surface area contributed by atoms with Crippen LogP contribution in [0.2, 0.25) is 0 Å². The van der Waals surface area contributed by atoms with Gasteiger partial charge in [-0.15, -0.1) is 0 Å². The second-order valence-electron chi connectivity index (χ2n) is 7.94. The van der Waals surface area contributed by atoms with Gasteiger partial charge in [-0.1, -0.05) is 0 Å². The van der Waals surface area contributed by atoms with Crippen molar-refractivity contribution in [2.75, 3.05) is 19.6 Å². The van der Waals surface area contributed by atoms with E-state index in [2.05, 4.69) is 38.2 Å². The van der Waals surface area contributed by atoms with Crippen LogP contribution in [0.25, 0.3) is 11.2 Å². The quantitative estimate of drug-likeness (QED) is 0.849. The lowest BCUT2D eigenvalue weighted by molar-refractivity contribution is -0.138.